The van der Waals surface area contributed by atoms with Gasteiger partial charge in [-0.25, -0.2) is 0 Å². The molecule has 1 aromatic rings. The van der Waals surface area contributed by atoms with Crippen molar-refractivity contribution in [2.24, 2.45) is 0 Å². The summed E-state index contributed by atoms with van der Waals surface area (Å²) >= 11 is 0. The van der Waals surface area contributed by atoms with Gasteiger partial charge < -0.3 is 10.1 Å². The summed E-state index contributed by atoms with van der Waals surface area (Å²) in [6.07, 6.45) is 5.38. The molecule has 17 heavy (non-hydrogen) atoms. The molecule has 2 nitrogen and oxygen atoms in total. The monoisotopic (exact) mass is 233 g/mol. The zero-order chi connectivity index (χ0) is 12.7. The van der Waals surface area contributed by atoms with Crippen molar-refractivity contribution in [3.63, 3.8) is 0 Å². The Hall–Kier alpha value is -1.28. The maximum absolute atomic E-state index is 5.47. The Morgan fingerprint density at radius 2 is 2.06 bits per heavy atom. The van der Waals surface area contributed by atoms with Crippen molar-refractivity contribution in [2.45, 2.75) is 27.2 Å². The van der Waals surface area contributed by atoms with Crippen LogP contribution in [0.4, 0.5) is 0 Å². The first-order valence-corrected chi connectivity index (χ1v) is 6.22. The van der Waals surface area contributed by atoms with Gasteiger partial charge in [-0.05, 0) is 44.5 Å². The number of nitrogens with one attached hydrogen (secondary N) is 1. The summed E-state index contributed by atoms with van der Waals surface area (Å²) in [4.78, 5) is 0. The molecule has 0 fully saturated rings. The second-order valence-corrected chi connectivity index (χ2v) is 4.17. The van der Waals surface area contributed by atoms with Crippen LogP contribution in [0, 0.1) is 13.8 Å². The SMILES string of the molecule is CCNCC/C=C/c1ccc(C)c(C)c1OC. The van der Waals surface area contributed by atoms with Crippen LogP contribution in [0.3, 0.4) is 0 Å². The highest BCUT2D eigenvalue weighted by Crippen LogP contribution is 2.27. The molecule has 0 aliphatic heterocycles. The number of hydrogen-bond acceptors (Lipinski definition) is 2. The maximum Gasteiger partial charge on any atom is 0.129 e. The summed E-state index contributed by atoms with van der Waals surface area (Å²) in [6, 6.07) is 4.26. The Balaban J connectivity index is 2.74. The van der Waals surface area contributed by atoms with Crippen LogP contribution in [0.15, 0.2) is 18.2 Å². The van der Waals surface area contributed by atoms with Gasteiger partial charge in [0, 0.05) is 5.56 Å². The van der Waals surface area contributed by atoms with Crippen LogP contribution >= 0.6 is 0 Å². The van der Waals surface area contributed by atoms with Crippen LogP contribution in [0.5, 0.6) is 5.75 Å². The van der Waals surface area contributed by atoms with E-state index in [0.717, 1.165) is 30.8 Å². The zero-order valence-electron chi connectivity index (χ0n) is 11.3. The van der Waals surface area contributed by atoms with E-state index in [9.17, 15) is 0 Å². The smallest absolute Gasteiger partial charge is 0.129 e. The Kier molecular flexibility index (Phi) is 5.78. The lowest BCUT2D eigenvalue weighted by Crippen LogP contribution is -2.12. The largest absolute Gasteiger partial charge is 0.496 e. The molecule has 0 heterocycles. The van der Waals surface area contributed by atoms with Gasteiger partial charge in [0.2, 0.25) is 0 Å². The Morgan fingerprint density at radius 3 is 2.71 bits per heavy atom. The van der Waals surface area contributed by atoms with Crippen molar-refractivity contribution in [3.8, 4) is 5.75 Å². The lowest BCUT2D eigenvalue weighted by molar-refractivity contribution is 0.410. The van der Waals surface area contributed by atoms with Crippen molar-refractivity contribution in [1.29, 1.82) is 0 Å². The third kappa shape index (κ3) is 3.90. The minimum Gasteiger partial charge on any atom is -0.496 e. The number of hydrogen-bond donors (Lipinski definition) is 1. The van der Waals surface area contributed by atoms with E-state index in [0.29, 0.717) is 0 Å². The molecule has 0 aromatic heterocycles. The molecule has 94 valence electrons. The standard InChI is InChI=1S/C15H23NO/c1-5-16-11-7-6-8-14-10-9-12(2)13(3)15(14)17-4/h6,8-10,16H,5,7,11H2,1-4H3/b8-6+. The van der Waals surface area contributed by atoms with Crippen molar-refractivity contribution in [3.05, 3.63) is 34.9 Å². The quantitative estimate of drug-likeness (QED) is 0.761. The van der Waals surface area contributed by atoms with Gasteiger partial charge in [0.15, 0.2) is 0 Å². The summed E-state index contributed by atoms with van der Waals surface area (Å²) in [6.45, 7) is 8.39. The number of rotatable bonds is 6. The van der Waals surface area contributed by atoms with Gasteiger partial charge in [0.05, 0.1) is 7.11 Å². The van der Waals surface area contributed by atoms with Gasteiger partial charge in [-0.3, -0.25) is 0 Å². The highest BCUT2D eigenvalue weighted by Gasteiger charge is 2.05. The molecule has 0 unspecified atom stereocenters. The second kappa shape index (κ2) is 7.13. The molecule has 1 N–H and O–H groups in total. The van der Waals surface area contributed by atoms with E-state index >= 15 is 0 Å². The van der Waals surface area contributed by atoms with Gasteiger partial charge in [-0.1, -0.05) is 31.2 Å². The molecule has 0 aliphatic carbocycles. The molecule has 1 rings (SSSR count). The van der Waals surface area contributed by atoms with E-state index in [2.05, 4.69) is 50.4 Å². The fourth-order valence-corrected chi connectivity index (χ4v) is 1.79. The van der Waals surface area contributed by atoms with E-state index in [1.165, 1.54) is 11.1 Å². The van der Waals surface area contributed by atoms with Gasteiger partial charge in [-0.2, -0.15) is 0 Å². The number of methoxy groups -OCH3 is 1. The molecular formula is C15H23NO. The zero-order valence-corrected chi connectivity index (χ0v) is 11.3. The van der Waals surface area contributed by atoms with Gasteiger partial charge >= 0.3 is 0 Å². The van der Waals surface area contributed by atoms with Gasteiger partial charge in [0.25, 0.3) is 0 Å². The molecule has 0 spiro atoms. The van der Waals surface area contributed by atoms with Crippen LogP contribution in [-0.2, 0) is 0 Å². The number of benzene rings is 1. The molecule has 0 amide bonds. The highest BCUT2D eigenvalue weighted by atomic mass is 16.5. The third-order valence-electron chi connectivity index (χ3n) is 2.95. The summed E-state index contributed by atoms with van der Waals surface area (Å²) in [7, 11) is 1.73. The Bertz CT molecular complexity index is 383. The predicted octanol–water partition coefficient (Wildman–Crippen LogP) is 3.32. The van der Waals surface area contributed by atoms with Gasteiger partial charge in [-0.15, -0.1) is 0 Å². The summed E-state index contributed by atoms with van der Waals surface area (Å²) in [5.74, 6) is 0.990. The molecule has 0 saturated heterocycles. The molecule has 1 aromatic carbocycles. The van der Waals surface area contributed by atoms with Crippen LogP contribution in [0.2, 0.25) is 0 Å². The predicted molar refractivity (Wildman–Crippen MR) is 74.7 cm³/mol. The topological polar surface area (TPSA) is 21.3 Å². The van der Waals surface area contributed by atoms with Crippen molar-refractivity contribution < 1.29 is 4.74 Å². The van der Waals surface area contributed by atoms with Crippen molar-refractivity contribution >= 4 is 6.08 Å². The molecule has 2 heteroatoms. The molecular weight excluding hydrogens is 210 g/mol. The first-order chi connectivity index (χ1) is 8.20. The first kappa shape index (κ1) is 13.8. The van der Waals surface area contributed by atoms with E-state index in [1.807, 2.05) is 0 Å². The normalized spacial score (nSPS) is 11.1. The number of aryl methyl sites for hydroxylation is 1. The molecule has 0 atom stereocenters. The van der Waals surface area contributed by atoms with E-state index in [4.69, 9.17) is 4.74 Å². The number of ether oxygens (including phenoxy) is 1. The fraction of sp³-hybridized carbons (Fsp3) is 0.467. The lowest BCUT2D eigenvalue weighted by Gasteiger charge is -2.10. The summed E-state index contributed by atoms with van der Waals surface area (Å²) in [5, 5.41) is 3.30. The maximum atomic E-state index is 5.47. The summed E-state index contributed by atoms with van der Waals surface area (Å²) < 4.78 is 5.47. The minimum atomic E-state index is 0.990. The van der Waals surface area contributed by atoms with E-state index in [-0.39, 0.29) is 0 Å². The lowest BCUT2D eigenvalue weighted by atomic mass is 10.0. The van der Waals surface area contributed by atoms with Crippen LogP contribution in [-0.4, -0.2) is 20.2 Å². The molecule has 0 radical (unpaired) electrons. The second-order valence-electron chi connectivity index (χ2n) is 4.17. The Labute approximate surface area is 105 Å². The fourth-order valence-electron chi connectivity index (χ4n) is 1.79. The molecule has 0 bridgehead atoms. The average molecular weight is 233 g/mol. The Morgan fingerprint density at radius 1 is 1.29 bits per heavy atom. The van der Waals surface area contributed by atoms with Crippen LogP contribution in [0.25, 0.3) is 6.08 Å². The average Bonchev–Trinajstić information content (AvgIpc) is 2.33. The molecule has 0 aliphatic rings. The van der Waals surface area contributed by atoms with E-state index in [1.54, 1.807) is 7.11 Å². The molecule has 0 saturated carbocycles. The van der Waals surface area contributed by atoms with Gasteiger partial charge in [0.1, 0.15) is 5.75 Å². The van der Waals surface area contributed by atoms with Crippen molar-refractivity contribution in [2.75, 3.05) is 20.2 Å². The summed E-state index contributed by atoms with van der Waals surface area (Å²) in [5.41, 5.74) is 3.65. The third-order valence-corrected chi connectivity index (χ3v) is 2.95. The van der Waals surface area contributed by atoms with Crippen LogP contribution in [0.1, 0.15) is 30.0 Å². The van der Waals surface area contributed by atoms with Crippen molar-refractivity contribution in [1.82, 2.24) is 5.32 Å². The highest BCUT2D eigenvalue weighted by molar-refractivity contribution is 5.61. The minimum absolute atomic E-state index is 0.990. The first-order valence-electron chi connectivity index (χ1n) is 6.22. The van der Waals surface area contributed by atoms with Crippen LogP contribution < -0.4 is 10.1 Å². The van der Waals surface area contributed by atoms with E-state index < -0.39 is 0 Å².